The van der Waals surface area contributed by atoms with Crippen molar-refractivity contribution in [3.63, 3.8) is 0 Å². The molecule has 1 atom stereocenters. The summed E-state index contributed by atoms with van der Waals surface area (Å²) in [6.07, 6.45) is 2.44. The number of benzene rings is 1. The van der Waals surface area contributed by atoms with Crippen molar-refractivity contribution in [2.45, 2.75) is 25.3 Å². The first-order valence-corrected chi connectivity index (χ1v) is 10.5. The maximum atomic E-state index is 12.4. The van der Waals surface area contributed by atoms with Gasteiger partial charge in [-0.25, -0.2) is 0 Å². The van der Waals surface area contributed by atoms with Crippen molar-refractivity contribution < 1.29 is 19.5 Å². The predicted octanol–water partition coefficient (Wildman–Crippen LogP) is 2.44. The number of rotatable bonds is 7. The van der Waals surface area contributed by atoms with Gasteiger partial charge in [0.15, 0.2) is 0 Å². The third kappa shape index (κ3) is 5.56. The van der Waals surface area contributed by atoms with E-state index in [4.69, 9.17) is 11.6 Å². The Balaban J connectivity index is 1.53. The Kier molecular flexibility index (Phi) is 7.24. The Morgan fingerprint density at radius 3 is 2.52 bits per heavy atom. The Morgan fingerprint density at radius 1 is 1.14 bits per heavy atom. The zero-order valence-corrected chi connectivity index (χ0v) is 17.3. The largest absolute Gasteiger partial charge is 0.394 e. The van der Waals surface area contributed by atoms with E-state index in [0.29, 0.717) is 27.7 Å². The van der Waals surface area contributed by atoms with Crippen LogP contribution in [0.3, 0.4) is 0 Å². The minimum Gasteiger partial charge on any atom is -0.394 e. The number of aliphatic hydroxyl groups excluding tert-OH is 1. The van der Waals surface area contributed by atoms with E-state index in [2.05, 4.69) is 10.6 Å². The highest BCUT2D eigenvalue weighted by Gasteiger charge is 2.20. The first-order chi connectivity index (χ1) is 14.0. The molecule has 1 aromatic heterocycles. The molecule has 1 fully saturated rings. The van der Waals surface area contributed by atoms with Crippen LogP contribution >= 0.6 is 22.9 Å². The summed E-state index contributed by atoms with van der Waals surface area (Å²) in [6, 6.07) is 9.42. The van der Waals surface area contributed by atoms with E-state index in [1.807, 2.05) is 0 Å². The van der Waals surface area contributed by atoms with E-state index in [9.17, 15) is 19.5 Å². The van der Waals surface area contributed by atoms with Crippen molar-refractivity contribution in [2.24, 2.45) is 0 Å². The van der Waals surface area contributed by atoms with Gasteiger partial charge in [0, 0.05) is 30.8 Å². The van der Waals surface area contributed by atoms with Gasteiger partial charge in [-0.3, -0.25) is 14.4 Å². The van der Waals surface area contributed by atoms with Gasteiger partial charge in [0.2, 0.25) is 5.91 Å². The summed E-state index contributed by atoms with van der Waals surface area (Å²) in [5.74, 6) is -0.582. The molecule has 3 N–H and O–H groups in total. The summed E-state index contributed by atoms with van der Waals surface area (Å²) in [5, 5.41) is 14.9. The molecule has 0 radical (unpaired) electrons. The number of thiophene rings is 1. The summed E-state index contributed by atoms with van der Waals surface area (Å²) in [6.45, 7) is 0.450. The number of hydrogen-bond donors (Lipinski definition) is 3. The average Bonchev–Trinajstić information content (AvgIpc) is 3.17. The summed E-state index contributed by atoms with van der Waals surface area (Å²) in [7, 11) is 0. The zero-order chi connectivity index (χ0) is 20.8. The molecule has 2 aromatic rings. The molecule has 2 heterocycles. The van der Waals surface area contributed by atoms with Gasteiger partial charge in [0.1, 0.15) is 0 Å². The van der Waals surface area contributed by atoms with Crippen LogP contribution in [-0.2, 0) is 4.79 Å². The number of aliphatic hydroxyl groups is 1. The molecular weight excluding hydrogens is 414 g/mol. The first kappa shape index (κ1) is 21.3. The van der Waals surface area contributed by atoms with Gasteiger partial charge >= 0.3 is 0 Å². The van der Waals surface area contributed by atoms with Crippen molar-refractivity contribution in [1.29, 1.82) is 0 Å². The highest BCUT2D eigenvalue weighted by Crippen LogP contribution is 2.22. The molecule has 3 amide bonds. The smallest absolute Gasteiger partial charge is 0.261 e. The van der Waals surface area contributed by atoms with Crippen molar-refractivity contribution >= 4 is 46.3 Å². The van der Waals surface area contributed by atoms with Crippen LogP contribution < -0.4 is 15.5 Å². The molecule has 0 spiro atoms. The lowest BCUT2D eigenvalue weighted by molar-refractivity contribution is -0.119. The van der Waals surface area contributed by atoms with Crippen LogP contribution in [0.15, 0.2) is 36.4 Å². The van der Waals surface area contributed by atoms with Crippen LogP contribution in [0.4, 0.5) is 5.69 Å². The van der Waals surface area contributed by atoms with Gasteiger partial charge < -0.3 is 20.6 Å². The molecule has 1 aromatic carbocycles. The topological polar surface area (TPSA) is 98.7 Å². The predicted molar refractivity (Wildman–Crippen MR) is 113 cm³/mol. The lowest BCUT2D eigenvalue weighted by Crippen LogP contribution is -2.45. The second-order valence-corrected chi connectivity index (χ2v) is 8.43. The first-order valence-electron chi connectivity index (χ1n) is 9.33. The van der Waals surface area contributed by atoms with E-state index in [1.54, 1.807) is 41.3 Å². The highest BCUT2D eigenvalue weighted by atomic mass is 35.5. The van der Waals surface area contributed by atoms with E-state index in [1.165, 1.54) is 0 Å². The minimum atomic E-state index is -0.627. The molecule has 1 saturated heterocycles. The number of hydrogen-bond acceptors (Lipinski definition) is 5. The Bertz CT molecular complexity index is 884. The molecule has 154 valence electrons. The molecule has 0 saturated carbocycles. The van der Waals surface area contributed by atoms with Crippen LogP contribution in [0, 0.1) is 0 Å². The molecular formula is C20H22ClN3O4S. The molecule has 3 rings (SSSR count). The number of nitrogens with one attached hydrogen (secondary N) is 2. The number of carbonyl (C=O) groups excluding carboxylic acids is 3. The van der Waals surface area contributed by atoms with Crippen molar-refractivity contribution in [3.05, 3.63) is 51.2 Å². The van der Waals surface area contributed by atoms with Gasteiger partial charge in [-0.05, 0) is 49.2 Å². The lowest BCUT2D eigenvalue weighted by Gasteiger charge is -2.26. The maximum absolute atomic E-state index is 12.4. The van der Waals surface area contributed by atoms with Gasteiger partial charge in [-0.15, -0.1) is 11.3 Å². The maximum Gasteiger partial charge on any atom is 0.261 e. The van der Waals surface area contributed by atoms with E-state index < -0.39 is 6.04 Å². The monoisotopic (exact) mass is 435 g/mol. The quantitative estimate of drug-likeness (QED) is 0.622. The standard InChI is InChI=1S/C20H22ClN3O4S/c21-17-9-8-16(29-17)20(28)23-14(12-25)11-22-19(27)13-4-6-15(7-5-13)24-10-2-1-3-18(24)26/h4-9,14,25H,1-3,10-12H2,(H,22,27)(H,23,28). The van der Waals surface area contributed by atoms with E-state index in [0.717, 1.165) is 29.9 Å². The third-order valence-corrected chi connectivity index (χ3v) is 5.86. The fraction of sp³-hybridized carbons (Fsp3) is 0.350. The molecule has 29 heavy (non-hydrogen) atoms. The van der Waals surface area contributed by atoms with Crippen molar-refractivity contribution in [2.75, 3.05) is 24.6 Å². The van der Waals surface area contributed by atoms with Gasteiger partial charge in [0.25, 0.3) is 11.8 Å². The SMILES string of the molecule is O=C(NCC(CO)NC(=O)c1ccc(Cl)s1)c1ccc(N2CCCCC2=O)cc1. The van der Waals surface area contributed by atoms with E-state index in [-0.39, 0.29) is 30.9 Å². The summed E-state index contributed by atoms with van der Waals surface area (Å²) < 4.78 is 0.499. The Labute approximate surface area is 177 Å². The Hall–Kier alpha value is -2.42. The number of piperidine rings is 1. The zero-order valence-electron chi connectivity index (χ0n) is 15.7. The Morgan fingerprint density at radius 2 is 1.90 bits per heavy atom. The van der Waals surface area contributed by atoms with Gasteiger partial charge in [0.05, 0.1) is 21.9 Å². The van der Waals surface area contributed by atoms with Crippen LogP contribution in [0.1, 0.15) is 39.3 Å². The molecule has 1 unspecified atom stereocenters. The van der Waals surface area contributed by atoms with Gasteiger partial charge in [-0.1, -0.05) is 11.6 Å². The third-order valence-electron chi connectivity index (χ3n) is 4.63. The van der Waals surface area contributed by atoms with E-state index >= 15 is 0 Å². The normalized spacial score (nSPS) is 15.1. The number of anilines is 1. The van der Waals surface area contributed by atoms with Crippen molar-refractivity contribution in [1.82, 2.24) is 10.6 Å². The fourth-order valence-electron chi connectivity index (χ4n) is 3.04. The molecule has 1 aliphatic rings. The van der Waals surface area contributed by atoms with Crippen LogP contribution in [-0.4, -0.2) is 48.6 Å². The van der Waals surface area contributed by atoms with Crippen LogP contribution in [0.2, 0.25) is 4.34 Å². The fourth-order valence-corrected chi connectivity index (χ4v) is 3.99. The minimum absolute atomic E-state index is 0.0759. The number of halogens is 1. The molecule has 0 bridgehead atoms. The molecule has 7 nitrogen and oxygen atoms in total. The summed E-state index contributed by atoms with van der Waals surface area (Å²) in [4.78, 5) is 38.7. The average molecular weight is 436 g/mol. The van der Waals surface area contributed by atoms with Crippen LogP contribution in [0.25, 0.3) is 0 Å². The molecule has 9 heteroatoms. The summed E-state index contributed by atoms with van der Waals surface area (Å²) >= 11 is 6.96. The number of carbonyl (C=O) groups is 3. The second kappa shape index (κ2) is 9.87. The molecule has 1 aliphatic heterocycles. The molecule has 0 aliphatic carbocycles. The second-order valence-electron chi connectivity index (χ2n) is 6.72. The number of amides is 3. The number of nitrogens with zero attached hydrogens (tertiary/aromatic N) is 1. The summed E-state index contributed by atoms with van der Waals surface area (Å²) in [5.41, 5.74) is 1.22. The van der Waals surface area contributed by atoms with Crippen LogP contribution in [0.5, 0.6) is 0 Å². The van der Waals surface area contributed by atoms with Gasteiger partial charge in [-0.2, -0.15) is 0 Å². The lowest BCUT2D eigenvalue weighted by atomic mass is 10.1. The highest BCUT2D eigenvalue weighted by molar-refractivity contribution is 7.18. The van der Waals surface area contributed by atoms with Crippen molar-refractivity contribution in [3.8, 4) is 0 Å².